The minimum atomic E-state index is 0.371. The normalized spacial score (nSPS) is 8.59. The number of ether oxygens (including phenoxy) is 2. The number of rotatable bonds is 4. The summed E-state index contributed by atoms with van der Waals surface area (Å²) in [6.45, 7) is 0.371. The highest BCUT2D eigenvalue weighted by Crippen LogP contribution is 2.22. The molecule has 5 nitrogen and oxygen atoms in total. The van der Waals surface area contributed by atoms with E-state index in [2.05, 4.69) is 21.9 Å². The van der Waals surface area contributed by atoms with Crippen LogP contribution in [0.5, 0.6) is 11.5 Å². The van der Waals surface area contributed by atoms with Crippen molar-refractivity contribution in [3.8, 4) is 23.3 Å². The van der Waals surface area contributed by atoms with Crippen LogP contribution in [-0.2, 0) is 0 Å². The summed E-state index contributed by atoms with van der Waals surface area (Å²) in [5.41, 5.74) is 8.86. The summed E-state index contributed by atoms with van der Waals surface area (Å²) in [6, 6.07) is 5.42. The average Bonchev–Trinajstić information content (AvgIpc) is 2.38. The zero-order chi connectivity index (χ0) is 12.5. The van der Waals surface area contributed by atoms with Crippen molar-refractivity contribution in [1.29, 1.82) is 0 Å². The first-order valence-electron chi connectivity index (χ1n) is 5.03. The first-order valence-corrected chi connectivity index (χ1v) is 5.03. The Morgan fingerprint density at radius 2 is 2.18 bits per heavy atom. The summed E-state index contributed by atoms with van der Waals surface area (Å²) in [7, 11) is 3.19. The minimum Gasteiger partial charge on any atom is -0.497 e. The van der Waals surface area contributed by atoms with E-state index in [9.17, 15) is 0 Å². The van der Waals surface area contributed by atoms with Gasteiger partial charge in [-0.25, -0.2) is 0 Å². The number of hydrogen-bond acceptors (Lipinski definition) is 3. The van der Waals surface area contributed by atoms with E-state index in [0.29, 0.717) is 18.7 Å². The predicted octanol–water partition coefficient (Wildman–Crippen LogP) is 2.76. The lowest BCUT2D eigenvalue weighted by Gasteiger charge is -2.05. The lowest BCUT2D eigenvalue weighted by Crippen LogP contribution is -1.90. The van der Waals surface area contributed by atoms with E-state index in [1.807, 2.05) is 6.07 Å². The van der Waals surface area contributed by atoms with Crippen LogP contribution in [0.25, 0.3) is 10.4 Å². The van der Waals surface area contributed by atoms with Crippen LogP contribution in [0.2, 0.25) is 0 Å². The SMILES string of the molecule is COc1ccc(OC)c(C#CCCN=[N+]=[N-])c1. The fourth-order valence-corrected chi connectivity index (χ4v) is 1.22. The Labute approximate surface area is 100.0 Å². The molecule has 0 aliphatic rings. The van der Waals surface area contributed by atoms with E-state index >= 15 is 0 Å². The highest BCUT2D eigenvalue weighted by atomic mass is 16.5. The molecule has 1 rings (SSSR count). The van der Waals surface area contributed by atoms with E-state index in [4.69, 9.17) is 15.0 Å². The van der Waals surface area contributed by atoms with Gasteiger partial charge in [0.2, 0.25) is 0 Å². The van der Waals surface area contributed by atoms with Crippen molar-refractivity contribution in [2.24, 2.45) is 5.11 Å². The van der Waals surface area contributed by atoms with Crippen LogP contribution >= 0.6 is 0 Å². The Morgan fingerprint density at radius 3 is 2.82 bits per heavy atom. The molecule has 0 unspecified atom stereocenters. The van der Waals surface area contributed by atoms with Gasteiger partial charge in [-0.3, -0.25) is 0 Å². The fraction of sp³-hybridized carbons (Fsp3) is 0.333. The Hall–Kier alpha value is -2.31. The molecule has 1 aromatic rings. The maximum Gasteiger partial charge on any atom is 0.134 e. The second kappa shape index (κ2) is 7.04. The first kappa shape index (κ1) is 12.8. The first-order chi connectivity index (χ1) is 8.31. The Bertz CT molecular complexity index is 482. The third-order valence-corrected chi connectivity index (χ3v) is 2.03. The zero-order valence-electron chi connectivity index (χ0n) is 9.80. The van der Waals surface area contributed by atoms with Gasteiger partial charge in [-0.1, -0.05) is 17.0 Å². The third kappa shape index (κ3) is 3.98. The number of hydrogen-bond donors (Lipinski definition) is 0. The summed E-state index contributed by atoms with van der Waals surface area (Å²) >= 11 is 0. The Kier molecular flexibility index (Phi) is 5.29. The van der Waals surface area contributed by atoms with Crippen LogP contribution < -0.4 is 9.47 Å². The molecule has 0 saturated heterocycles. The van der Waals surface area contributed by atoms with E-state index in [1.54, 1.807) is 26.4 Å². The lowest BCUT2D eigenvalue weighted by atomic mass is 10.2. The van der Waals surface area contributed by atoms with Gasteiger partial charge in [-0.15, -0.1) is 0 Å². The van der Waals surface area contributed by atoms with Crippen molar-refractivity contribution in [3.05, 3.63) is 34.2 Å². The number of nitrogens with zero attached hydrogens (tertiary/aromatic N) is 3. The smallest absolute Gasteiger partial charge is 0.134 e. The average molecular weight is 231 g/mol. The quantitative estimate of drug-likeness (QED) is 0.263. The number of benzene rings is 1. The van der Waals surface area contributed by atoms with Crippen LogP contribution in [0.3, 0.4) is 0 Å². The van der Waals surface area contributed by atoms with Crippen LogP contribution in [-0.4, -0.2) is 20.8 Å². The third-order valence-electron chi connectivity index (χ3n) is 2.03. The fourth-order valence-electron chi connectivity index (χ4n) is 1.22. The predicted molar refractivity (Wildman–Crippen MR) is 65.1 cm³/mol. The van der Waals surface area contributed by atoms with Crippen LogP contribution in [0, 0.1) is 11.8 Å². The molecule has 0 aliphatic carbocycles. The monoisotopic (exact) mass is 231 g/mol. The van der Waals surface area contributed by atoms with Crippen LogP contribution in [0.4, 0.5) is 0 Å². The summed E-state index contributed by atoms with van der Waals surface area (Å²) in [4.78, 5) is 2.65. The van der Waals surface area contributed by atoms with Gasteiger partial charge in [-0.2, -0.15) is 0 Å². The second-order valence-electron chi connectivity index (χ2n) is 3.07. The second-order valence-corrected chi connectivity index (χ2v) is 3.07. The van der Waals surface area contributed by atoms with E-state index in [0.717, 1.165) is 11.3 Å². The van der Waals surface area contributed by atoms with Crippen molar-refractivity contribution < 1.29 is 9.47 Å². The molecule has 0 amide bonds. The van der Waals surface area contributed by atoms with Gasteiger partial charge in [0.25, 0.3) is 0 Å². The van der Waals surface area contributed by atoms with Gasteiger partial charge in [0.15, 0.2) is 0 Å². The maximum absolute atomic E-state index is 8.11. The van der Waals surface area contributed by atoms with E-state index in [-0.39, 0.29) is 0 Å². The highest BCUT2D eigenvalue weighted by Gasteiger charge is 2.01. The molecule has 5 heteroatoms. The molecule has 0 radical (unpaired) electrons. The van der Waals surface area contributed by atoms with Crippen molar-refractivity contribution in [2.75, 3.05) is 20.8 Å². The molecule has 1 aromatic carbocycles. The van der Waals surface area contributed by atoms with Gasteiger partial charge in [0.05, 0.1) is 19.8 Å². The highest BCUT2D eigenvalue weighted by molar-refractivity contribution is 5.50. The molecule has 0 spiro atoms. The van der Waals surface area contributed by atoms with E-state index < -0.39 is 0 Å². The molecule has 0 heterocycles. The Balaban J connectivity index is 2.83. The minimum absolute atomic E-state index is 0.371. The summed E-state index contributed by atoms with van der Waals surface area (Å²) in [5, 5.41) is 3.40. The number of methoxy groups -OCH3 is 2. The molecular weight excluding hydrogens is 218 g/mol. The molecule has 88 valence electrons. The topological polar surface area (TPSA) is 67.2 Å². The van der Waals surface area contributed by atoms with Crippen LogP contribution in [0.15, 0.2) is 23.3 Å². The molecule has 0 saturated carbocycles. The molecule has 0 atom stereocenters. The van der Waals surface area contributed by atoms with E-state index in [1.165, 1.54) is 0 Å². The van der Waals surface area contributed by atoms with Crippen LogP contribution in [0.1, 0.15) is 12.0 Å². The number of azide groups is 1. The van der Waals surface area contributed by atoms with Crippen molar-refractivity contribution in [3.63, 3.8) is 0 Å². The molecular formula is C12H13N3O2. The summed E-state index contributed by atoms with van der Waals surface area (Å²) in [6.07, 6.45) is 0.518. The molecule has 0 N–H and O–H groups in total. The molecule has 0 aliphatic heterocycles. The molecule has 0 fully saturated rings. The Morgan fingerprint density at radius 1 is 1.35 bits per heavy atom. The largest absolute Gasteiger partial charge is 0.497 e. The van der Waals surface area contributed by atoms with Gasteiger partial charge in [0.1, 0.15) is 11.5 Å². The molecule has 0 bridgehead atoms. The van der Waals surface area contributed by atoms with Gasteiger partial charge >= 0.3 is 0 Å². The summed E-state index contributed by atoms with van der Waals surface area (Å²) < 4.78 is 10.3. The zero-order valence-corrected chi connectivity index (χ0v) is 9.80. The molecule has 17 heavy (non-hydrogen) atoms. The lowest BCUT2D eigenvalue weighted by molar-refractivity contribution is 0.402. The van der Waals surface area contributed by atoms with Gasteiger partial charge < -0.3 is 9.47 Å². The van der Waals surface area contributed by atoms with Gasteiger partial charge in [0, 0.05) is 17.9 Å². The van der Waals surface area contributed by atoms with Crippen molar-refractivity contribution >= 4 is 0 Å². The summed E-state index contributed by atoms with van der Waals surface area (Å²) in [5.74, 6) is 7.29. The van der Waals surface area contributed by atoms with Crippen molar-refractivity contribution in [1.82, 2.24) is 0 Å². The maximum atomic E-state index is 8.11. The van der Waals surface area contributed by atoms with Crippen molar-refractivity contribution in [2.45, 2.75) is 6.42 Å². The van der Waals surface area contributed by atoms with Gasteiger partial charge in [-0.05, 0) is 23.7 Å². The standard InChI is InChI=1S/C12H13N3O2/c1-16-11-6-7-12(17-2)10(9-11)5-3-4-8-14-15-13/h6-7,9H,4,8H2,1-2H3. The molecule has 0 aromatic heterocycles.